The highest BCUT2D eigenvalue weighted by atomic mass is 16.2. The molecular weight excluding hydrogens is 408 g/mol. The Morgan fingerprint density at radius 3 is 1.44 bits per heavy atom. The van der Waals surface area contributed by atoms with Gasteiger partial charge >= 0.3 is 0 Å². The van der Waals surface area contributed by atoms with Gasteiger partial charge < -0.3 is 9.97 Å². The van der Waals surface area contributed by atoms with E-state index in [9.17, 15) is 9.59 Å². The van der Waals surface area contributed by atoms with E-state index in [0.717, 1.165) is 11.1 Å². The maximum atomic E-state index is 12.2. The summed E-state index contributed by atoms with van der Waals surface area (Å²) in [6.45, 7) is 0. The number of hydrogen-bond donors (Lipinski definition) is 4. The lowest BCUT2D eigenvalue weighted by Crippen LogP contribution is -2.17. The number of nitrogens with one attached hydrogen (secondary N) is 4. The van der Waals surface area contributed by atoms with Crippen molar-refractivity contribution in [1.29, 1.82) is 0 Å². The lowest BCUT2D eigenvalue weighted by Gasteiger charge is -2.05. The summed E-state index contributed by atoms with van der Waals surface area (Å²) in [5, 5.41) is 7.72. The second kappa shape index (κ2) is 9.76. The van der Waals surface area contributed by atoms with Crippen LogP contribution in [0.2, 0.25) is 0 Å². The molecular formula is C22H18N8O2. The predicted octanol–water partition coefficient (Wildman–Crippen LogP) is 2.33. The molecule has 4 aromatic rings. The van der Waals surface area contributed by atoms with Gasteiger partial charge in [-0.3, -0.25) is 9.59 Å². The number of rotatable bonds is 7. The molecule has 2 heterocycles. The number of nitrogens with zero attached hydrogens (tertiary/aromatic N) is 4. The van der Waals surface area contributed by atoms with Crippen molar-refractivity contribution >= 4 is 24.2 Å². The molecule has 0 spiro atoms. The summed E-state index contributed by atoms with van der Waals surface area (Å²) >= 11 is 0. The third-order valence-corrected chi connectivity index (χ3v) is 4.37. The van der Waals surface area contributed by atoms with E-state index in [2.05, 4.69) is 41.0 Å². The maximum Gasteiger partial charge on any atom is 0.271 e. The Labute approximate surface area is 182 Å². The quantitative estimate of drug-likeness (QED) is 0.266. The molecule has 2 amide bonds. The van der Waals surface area contributed by atoms with Crippen molar-refractivity contribution in [3.8, 4) is 11.1 Å². The van der Waals surface area contributed by atoms with Crippen LogP contribution in [0.3, 0.4) is 0 Å². The molecule has 10 nitrogen and oxygen atoms in total. The summed E-state index contributed by atoms with van der Waals surface area (Å²) in [7, 11) is 0. The zero-order valence-corrected chi connectivity index (χ0v) is 16.7. The van der Waals surface area contributed by atoms with E-state index in [1.54, 1.807) is 49.1 Å². The van der Waals surface area contributed by atoms with Gasteiger partial charge in [0, 0.05) is 35.9 Å². The minimum absolute atomic E-state index is 0.332. The molecule has 0 aliphatic heterocycles. The number of carbonyl (C=O) groups is 2. The van der Waals surface area contributed by atoms with E-state index < -0.39 is 0 Å². The van der Waals surface area contributed by atoms with Gasteiger partial charge in [-0.2, -0.15) is 10.2 Å². The average Bonchev–Trinajstić information content (AvgIpc) is 3.54. The summed E-state index contributed by atoms with van der Waals surface area (Å²) in [4.78, 5) is 38.0. The number of amides is 2. The van der Waals surface area contributed by atoms with Crippen LogP contribution in [-0.2, 0) is 0 Å². The minimum atomic E-state index is -0.332. The van der Waals surface area contributed by atoms with Crippen LogP contribution in [0.25, 0.3) is 11.1 Å². The van der Waals surface area contributed by atoms with Crippen LogP contribution < -0.4 is 10.9 Å². The summed E-state index contributed by atoms with van der Waals surface area (Å²) in [6.07, 6.45) is 9.36. The first-order valence-electron chi connectivity index (χ1n) is 9.55. The number of hydrazone groups is 2. The van der Waals surface area contributed by atoms with Crippen LogP contribution >= 0.6 is 0 Å². The third-order valence-electron chi connectivity index (χ3n) is 4.37. The Morgan fingerprint density at radius 2 is 1.09 bits per heavy atom. The monoisotopic (exact) mass is 426 g/mol. The molecule has 0 fully saturated rings. The summed E-state index contributed by atoms with van der Waals surface area (Å²) in [6, 6.07) is 14.1. The van der Waals surface area contributed by atoms with Gasteiger partial charge in [-0.25, -0.2) is 20.8 Å². The molecule has 2 aromatic heterocycles. The van der Waals surface area contributed by atoms with E-state index in [4.69, 9.17) is 0 Å². The SMILES string of the molecule is O=C(N/N=C/c1ncc[nH]1)c1ccc(-c2ccc(C(=O)N/N=C/c3ncc[nH]3)cc2)cc1. The number of aromatic amines is 2. The van der Waals surface area contributed by atoms with Crippen LogP contribution in [0.15, 0.2) is 83.5 Å². The highest BCUT2D eigenvalue weighted by Gasteiger charge is 2.07. The number of hydrogen-bond acceptors (Lipinski definition) is 6. The van der Waals surface area contributed by atoms with E-state index in [-0.39, 0.29) is 11.8 Å². The highest BCUT2D eigenvalue weighted by Crippen LogP contribution is 2.20. The Morgan fingerprint density at radius 1 is 0.688 bits per heavy atom. The Hall–Kier alpha value is -4.86. The number of aromatic nitrogens is 4. The maximum absolute atomic E-state index is 12.2. The molecule has 4 N–H and O–H groups in total. The third kappa shape index (κ3) is 5.19. The van der Waals surface area contributed by atoms with Crippen LogP contribution in [0, 0.1) is 0 Å². The first-order valence-corrected chi connectivity index (χ1v) is 9.55. The first-order chi connectivity index (χ1) is 15.7. The molecule has 0 atom stereocenters. The molecule has 4 rings (SSSR count). The highest BCUT2D eigenvalue weighted by molar-refractivity contribution is 5.96. The van der Waals surface area contributed by atoms with Crippen LogP contribution in [-0.4, -0.2) is 44.2 Å². The molecule has 32 heavy (non-hydrogen) atoms. The van der Waals surface area contributed by atoms with Gasteiger partial charge in [-0.1, -0.05) is 24.3 Å². The fraction of sp³-hybridized carbons (Fsp3) is 0. The van der Waals surface area contributed by atoms with Gasteiger partial charge in [0.1, 0.15) is 11.6 Å². The fourth-order valence-electron chi connectivity index (χ4n) is 2.76. The second-order valence-electron chi connectivity index (χ2n) is 6.50. The molecule has 0 unspecified atom stereocenters. The topological polar surface area (TPSA) is 140 Å². The van der Waals surface area contributed by atoms with Crippen LogP contribution in [0.4, 0.5) is 0 Å². The summed E-state index contributed by atoms with van der Waals surface area (Å²) in [5.74, 6) is 0.423. The van der Waals surface area contributed by atoms with Crippen molar-refractivity contribution in [2.24, 2.45) is 10.2 Å². The van der Waals surface area contributed by atoms with Gasteiger partial charge in [0.2, 0.25) is 0 Å². The Balaban J connectivity index is 1.34. The molecule has 0 saturated heterocycles. The van der Waals surface area contributed by atoms with Gasteiger partial charge in [0.15, 0.2) is 0 Å². The molecule has 0 bridgehead atoms. The van der Waals surface area contributed by atoms with Crippen molar-refractivity contribution < 1.29 is 9.59 Å². The second-order valence-corrected chi connectivity index (χ2v) is 6.50. The molecule has 0 radical (unpaired) electrons. The summed E-state index contributed by atoms with van der Waals surface area (Å²) < 4.78 is 0. The van der Waals surface area contributed by atoms with Crippen molar-refractivity contribution in [3.63, 3.8) is 0 Å². The fourth-order valence-corrected chi connectivity index (χ4v) is 2.76. The molecule has 2 aromatic carbocycles. The van der Waals surface area contributed by atoms with Crippen molar-refractivity contribution in [2.75, 3.05) is 0 Å². The van der Waals surface area contributed by atoms with Gasteiger partial charge in [-0.05, 0) is 35.4 Å². The smallest absolute Gasteiger partial charge is 0.271 e. The van der Waals surface area contributed by atoms with E-state index >= 15 is 0 Å². The van der Waals surface area contributed by atoms with Crippen molar-refractivity contribution in [1.82, 2.24) is 30.8 Å². The molecule has 0 aliphatic carbocycles. The number of benzene rings is 2. The molecule has 158 valence electrons. The first kappa shape index (κ1) is 20.4. The predicted molar refractivity (Wildman–Crippen MR) is 119 cm³/mol. The van der Waals surface area contributed by atoms with Gasteiger partial charge in [0.25, 0.3) is 11.8 Å². The van der Waals surface area contributed by atoms with Gasteiger partial charge in [0.05, 0.1) is 12.4 Å². The number of H-pyrrole nitrogens is 2. The zero-order chi connectivity index (χ0) is 22.2. The molecule has 0 aliphatic rings. The van der Waals surface area contributed by atoms with Gasteiger partial charge in [-0.15, -0.1) is 0 Å². The van der Waals surface area contributed by atoms with Crippen molar-refractivity contribution in [3.05, 3.63) is 96.1 Å². The average molecular weight is 426 g/mol. The molecule has 0 saturated carbocycles. The van der Waals surface area contributed by atoms with E-state index in [0.29, 0.717) is 22.8 Å². The lowest BCUT2D eigenvalue weighted by molar-refractivity contribution is 0.0947. The Bertz CT molecular complexity index is 1130. The minimum Gasteiger partial charge on any atom is -0.344 e. The molecule has 10 heteroatoms. The summed E-state index contributed by atoms with van der Waals surface area (Å²) in [5.41, 5.74) is 7.65. The van der Waals surface area contributed by atoms with E-state index in [1.165, 1.54) is 12.4 Å². The van der Waals surface area contributed by atoms with Crippen LogP contribution in [0.1, 0.15) is 32.4 Å². The largest absolute Gasteiger partial charge is 0.344 e. The number of imidazole rings is 2. The normalized spacial score (nSPS) is 11.1. The van der Waals surface area contributed by atoms with Crippen LogP contribution in [0.5, 0.6) is 0 Å². The van der Waals surface area contributed by atoms with Crippen molar-refractivity contribution in [2.45, 2.75) is 0 Å². The zero-order valence-electron chi connectivity index (χ0n) is 16.7. The Kier molecular flexibility index (Phi) is 6.23. The lowest BCUT2D eigenvalue weighted by atomic mass is 10.0. The standard InChI is InChI=1S/C22H18N8O2/c31-21(29-27-13-19-23-9-10-24-19)17-5-1-15(2-6-17)16-3-7-18(8-4-16)22(32)30-28-14-20-25-11-12-26-20/h1-14H,(H,23,24)(H,25,26)(H,29,31)(H,30,32)/b27-13+,28-14+. The van der Waals surface area contributed by atoms with E-state index in [1.807, 2.05) is 24.3 Å². The number of carbonyl (C=O) groups excluding carboxylic acids is 2.